The molecule has 0 unspecified atom stereocenters. The highest BCUT2D eigenvalue weighted by Crippen LogP contribution is 2.34. The van der Waals surface area contributed by atoms with Crippen molar-refractivity contribution < 1.29 is 18.1 Å². The van der Waals surface area contributed by atoms with E-state index in [0.717, 1.165) is 42.9 Å². The summed E-state index contributed by atoms with van der Waals surface area (Å²) in [6, 6.07) is 2.06. The Balaban J connectivity index is 1.22. The molecule has 182 valence electrons. The zero-order chi connectivity index (χ0) is 24.5. The van der Waals surface area contributed by atoms with Gasteiger partial charge in [0.1, 0.15) is 29.9 Å². The SMILES string of the molecule is CC(C)c1nc(N2CCC(c3cnc(NC(=O)c4c(F)cc(-n5cncn5)cc4F)s3)CC2)no1. The minimum atomic E-state index is -1.00. The average molecular weight is 501 g/mol. The number of hydrogen-bond donors (Lipinski definition) is 1. The summed E-state index contributed by atoms with van der Waals surface area (Å²) < 4.78 is 35.6. The van der Waals surface area contributed by atoms with E-state index in [1.807, 2.05) is 13.8 Å². The first-order valence-corrected chi connectivity index (χ1v) is 11.9. The number of carbonyl (C=O) groups excluding carboxylic acids is 1. The topological polar surface area (TPSA) is 115 Å². The smallest absolute Gasteiger partial charge is 0.266 e. The summed E-state index contributed by atoms with van der Waals surface area (Å²) in [7, 11) is 0. The molecule has 1 aromatic carbocycles. The van der Waals surface area contributed by atoms with Gasteiger partial charge in [-0.1, -0.05) is 13.8 Å². The lowest BCUT2D eigenvalue weighted by atomic mass is 9.96. The first-order valence-electron chi connectivity index (χ1n) is 11.1. The third-order valence-corrected chi connectivity index (χ3v) is 6.86. The molecule has 1 fully saturated rings. The van der Waals surface area contributed by atoms with E-state index in [0.29, 0.717) is 11.8 Å². The van der Waals surface area contributed by atoms with Crippen molar-refractivity contribution >= 4 is 28.3 Å². The van der Waals surface area contributed by atoms with Crippen LogP contribution in [0, 0.1) is 11.6 Å². The highest BCUT2D eigenvalue weighted by molar-refractivity contribution is 7.15. The Hall–Kier alpha value is -3.74. The highest BCUT2D eigenvalue weighted by Gasteiger charge is 2.26. The number of anilines is 2. The van der Waals surface area contributed by atoms with Crippen LogP contribution in [-0.4, -0.2) is 48.9 Å². The van der Waals surface area contributed by atoms with Gasteiger partial charge in [0.25, 0.3) is 11.9 Å². The molecular formula is C22H22F2N8O2S. The van der Waals surface area contributed by atoms with E-state index >= 15 is 0 Å². The van der Waals surface area contributed by atoms with Gasteiger partial charge in [0.05, 0.1) is 5.69 Å². The third kappa shape index (κ3) is 4.76. The lowest BCUT2D eigenvalue weighted by molar-refractivity contribution is 0.101. The van der Waals surface area contributed by atoms with Crippen molar-refractivity contribution in [1.82, 2.24) is 29.9 Å². The largest absolute Gasteiger partial charge is 0.338 e. The van der Waals surface area contributed by atoms with E-state index in [1.165, 1.54) is 28.7 Å². The van der Waals surface area contributed by atoms with Crippen LogP contribution in [0.15, 0.2) is 35.5 Å². The van der Waals surface area contributed by atoms with Crippen molar-refractivity contribution in [2.75, 3.05) is 23.3 Å². The predicted octanol–water partition coefficient (Wildman–Crippen LogP) is 4.14. The number of nitrogens with one attached hydrogen (secondary N) is 1. The van der Waals surface area contributed by atoms with E-state index < -0.39 is 23.1 Å². The molecule has 1 aliphatic heterocycles. The zero-order valence-corrected chi connectivity index (χ0v) is 19.8. The number of nitrogens with zero attached hydrogens (tertiary/aromatic N) is 7. The van der Waals surface area contributed by atoms with Crippen LogP contribution >= 0.6 is 11.3 Å². The Bertz CT molecular complexity index is 1310. The quantitative estimate of drug-likeness (QED) is 0.420. The van der Waals surface area contributed by atoms with Crippen LogP contribution in [0.1, 0.15) is 59.7 Å². The van der Waals surface area contributed by atoms with Crippen LogP contribution in [0.2, 0.25) is 0 Å². The Morgan fingerprint density at radius 2 is 1.97 bits per heavy atom. The molecule has 35 heavy (non-hydrogen) atoms. The molecular weight excluding hydrogens is 478 g/mol. The molecule has 10 nitrogen and oxygen atoms in total. The molecule has 1 saturated heterocycles. The number of benzene rings is 1. The van der Waals surface area contributed by atoms with Gasteiger partial charge in [0.15, 0.2) is 5.13 Å². The standard InChI is InChI=1S/C22H22F2N8O2S/c1-12(2)20-29-21(30-34-20)31-5-3-13(4-6-31)17-9-26-22(35-17)28-19(33)18-15(23)7-14(8-16(18)24)32-11-25-10-27-32/h7-13H,3-6H2,1-2H3,(H,26,28,33). The van der Waals surface area contributed by atoms with Gasteiger partial charge in [-0.05, 0) is 23.9 Å². The third-order valence-electron chi connectivity index (χ3n) is 5.79. The second-order valence-electron chi connectivity index (χ2n) is 8.50. The fourth-order valence-electron chi connectivity index (χ4n) is 3.90. The Morgan fingerprint density at radius 3 is 2.60 bits per heavy atom. The summed E-state index contributed by atoms with van der Waals surface area (Å²) >= 11 is 1.30. The number of carbonyl (C=O) groups is 1. The van der Waals surface area contributed by atoms with Crippen LogP contribution < -0.4 is 10.2 Å². The molecule has 1 amide bonds. The van der Waals surface area contributed by atoms with Crippen molar-refractivity contribution in [2.24, 2.45) is 0 Å². The van der Waals surface area contributed by atoms with Crippen molar-refractivity contribution in [3.8, 4) is 5.69 Å². The molecule has 4 heterocycles. The van der Waals surface area contributed by atoms with E-state index in [2.05, 4.69) is 35.4 Å². The number of amides is 1. The lowest BCUT2D eigenvalue weighted by Gasteiger charge is -2.30. The van der Waals surface area contributed by atoms with E-state index in [1.54, 1.807) is 6.20 Å². The molecule has 3 aromatic heterocycles. The van der Waals surface area contributed by atoms with Gasteiger partial charge in [0, 0.05) is 42.2 Å². The van der Waals surface area contributed by atoms with Gasteiger partial charge in [-0.15, -0.1) is 11.3 Å². The molecule has 5 rings (SSSR count). The summed E-state index contributed by atoms with van der Waals surface area (Å²) in [5, 5.41) is 10.7. The maximum atomic E-state index is 14.6. The van der Waals surface area contributed by atoms with Crippen LogP contribution in [0.25, 0.3) is 5.69 Å². The normalized spacial score (nSPS) is 14.6. The molecule has 4 aromatic rings. The molecule has 1 aliphatic rings. The Labute approximate surface area is 203 Å². The van der Waals surface area contributed by atoms with E-state index in [4.69, 9.17) is 4.52 Å². The number of aromatic nitrogens is 6. The average Bonchev–Trinajstić information content (AvgIpc) is 3.60. The number of piperidine rings is 1. The monoisotopic (exact) mass is 500 g/mol. The maximum absolute atomic E-state index is 14.6. The first-order chi connectivity index (χ1) is 16.9. The van der Waals surface area contributed by atoms with Gasteiger partial charge in [-0.25, -0.2) is 23.4 Å². The molecule has 0 atom stereocenters. The fraction of sp³-hybridized carbons (Fsp3) is 0.364. The van der Waals surface area contributed by atoms with E-state index in [-0.39, 0.29) is 22.7 Å². The first kappa shape index (κ1) is 23.0. The molecule has 0 radical (unpaired) electrons. The maximum Gasteiger partial charge on any atom is 0.266 e. The van der Waals surface area contributed by atoms with Gasteiger partial charge in [-0.3, -0.25) is 10.1 Å². The van der Waals surface area contributed by atoms with Crippen molar-refractivity contribution in [1.29, 1.82) is 0 Å². The number of thiazole rings is 1. The van der Waals surface area contributed by atoms with Crippen molar-refractivity contribution in [2.45, 2.75) is 38.5 Å². The molecule has 1 N–H and O–H groups in total. The highest BCUT2D eigenvalue weighted by atomic mass is 32.1. The molecule has 0 bridgehead atoms. The van der Waals surface area contributed by atoms with Gasteiger partial charge >= 0.3 is 0 Å². The number of halogens is 2. The summed E-state index contributed by atoms with van der Waals surface area (Å²) in [6.45, 7) is 5.52. The van der Waals surface area contributed by atoms with Gasteiger partial charge in [0.2, 0.25) is 5.89 Å². The number of hydrogen-bond acceptors (Lipinski definition) is 9. The van der Waals surface area contributed by atoms with Gasteiger partial charge in [-0.2, -0.15) is 10.1 Å². The Morgan fingerprint density at radius 1 is 1.23 bits per heavy atom. The number of rotatable bonds is 6. The lowest BCUT2D eigenvalue weighted by Crippen LogP contribution is -2.33. The fourth-order valence-corrected chi connectivity index (χ4v) is 4.88. The summed E-state index contributed by atoms with van der Waals surface area (Å²) in [6.07, 6.45) is 5.96. The van der Waals surface area contributed by atoms with Crippen molar-refractivity contribution in [3.05, 3.63) is 58.9 Å². The van der Waals surface area contributed by atoms with Crippen LogP contribution in [0.4, 0.5) is 19.9 Å². The summed E-state index contributed by atoms with van der Waals surface area (Å²) in [5.41, 5.74) is -0.557. The second-order valence-corrected chi connectivity index (χ2v) is 9.56. The predicted molar refractivity (Wildman–Crippen MR) is 124 cm³/mol. The van der Waals surface area contributed by atoms with E-state index in [9.17, 15) is 13.6 Å². The summed E-state index contributed by atoms with van der Waals surface area (Å²) in [5.74, 6) is -1.26. The molecule has 0 aliphatic carbocycles. The molecule has 0 spiro atoms. The van der Waals surface area contributed by atoms with Crippen molar-refractivity contribution in [3.63, 3.8) is 0 Å². The van der Waals surface area contributed by atoms with Gasteiger partial charge < -0.3 is 9.42 Å². The second kappa shape index (κ2) is 9.49. The van der Waals surface area contributed by atoms with Crippen LogP contribution in [-0.2, 0) is 0 Å². The van der Waals surface area contributed by atoms with Crippen LogP contribution in [0.3, 0.4) is 0 Å². The Kier molecular flexibility index (Phi) is 6.24. The zero-order valence-electron chi connectivity index (χ0n) is 19.0. The molecule has 13 heteroatoms. The minimum absolute atomic E-state index is 0.123. The molecule has 0 saturated carbocycles. The minimum Gasteiger partial charge on any atom is -0.338 e. The van der Waals surface area contributed by atoms with Crippen LogP contribution in [0.5, 0.6) is 0 Å². The summed E-state index contributed by atoms with van der Waals surface area (Å²) in [4.78, 5) is 28.1.